The van der Waals surface area contributed by atoms with Crippen LogP contribution in [0.5, 0.6) is 0 Å². The van der Waals surface area contributed by atoms with E-state index in [1.807, 2.05) is 0 Å². The molecule has 0 heterocycles. The van der Waals surface area contributed by atoms with Gasteiger partial charge in [0, 0.05) is 6.42 Å². The molecule has 0 aliphatic carbocycles. The minimum atomic E-state index is -0.666. The molecule has 0 saturated heterocycles. The van der Waals surface area contributed by atoms with Crippen LogP contribution in [0.15, 0.2) is 12.2 Å². The number of carbonyl (C=O) groups is 1. The van der Waals surface area contributed by atoms with Crippen molar-refractivity contribution < 1.29 is 9.90 Å². The maximum Gasteiger partial charge on any atom is 2.00 e. The van der Waals surface area contributed by atoms with Gasteiger partial charge in [0.25, 0.3) is 0 Å². The number of rotatable bonds is 13. The Morgan fingerprint density at radius 3 is 1.84 bits per heavy atom. The minimum Gasteiger partial charge on any atom is -0.481 e. The van der Waals surface area contributed by atoms with E-state index in [0.29, 0.717) is 6.42 Å². The number of aliphatic carboxylic acids is 1. The first-order chi connectivity index (χ1) is 8.77. The Morgan fingerprint density at radius 2 is 1.32 bits per heavy atom. The largest absolute Gasteiger partial charge is 2.00 e. The van der Waals surface area contributed by atoms with Gasteiger partial charge in [-0.1, -0.05) is 57.6 Å². The molecule has 0 atom stereocenters. The van der Waals surface area contributed by atoms with Gasteiger partial charge in [-0.3, -0.25) is 4.79 Å². The van der Waals surface area contributed by atoms with Gasteiger partial charge in [-0.15, -0.1) is 0 Å². The number of hydrogen-bond donors (Lipinski definition) is 1. The van der Waals surface area contributed by atoms with Crippen molar-refractivity contribution in [2.24, 2.45) is 0 Å². The molecule has 1 N–H and O–H groups in total. The summed E-state index contributed by atoms with van der Waals surface area (Å²) in [6, 6.07) is 0. The van der Waals surface area contributed by atoms with Gasteiger partial charge in [0.2, 0.25) is 0 Å². The first kappa shape index (κ1) is 21.3. The monoisotopic (exact) mass is 278 g/mol. The van der Waals surface area contributed by atoms with E-state index in [1.165, 1.54) is 57.8 Å². The van der Waals surface area contributed by atoms with Crippen molar-refractivity contribution in [3.05, 3.63) is 12.2 Å². The van der Waals surface area contributed by atoms with Gasteiger partial charge in [0.05, 0.1) is 0 Å². The van der Waals surface area contributed by atoms with Gasteiger partial charge in [-0.2, -0.15) is 0 Å². The average molecular weight is 279 g/mol. The van der Waals surface area contributed by atoms with Gasteiger partial charge in [-0.05, 0) is 32.1 Å². The molecule has 106 valence electrons. The fourth-order valence-corrected chi connectivity index (χ4v) is 1.99. The smallest absolute Gasteiger partial charge is 0.481 e. The Kier molecular flexibility index (Phi) is 20.1. The second-order valence-electron chi connectivity index (χ2n) is 5.02. The predicted molar refractivity (Wildman–Crippen MR) is 83.6 cm³/mol. The topological polar surface area (TPSA) is 37.3 Å². The zero-order chi connectivity index (χ0) is 13.5. The van der Waals surface area contributed by atoms with E-state index in [2.05, 4.69) is 19.1 Å². The molecule has 0 unspecified atom stereocenters. The average Bonchev–Trinajstić information content (AvgIpc) is 2.34. The van der Waals surface area contributed by atoms with Gasteiger partial charge >= 0.3 is 29.0 Å². The Hall–Kier alpha value is -0.0238. The van der Waals surface area contributed by atoms with Crippen molar-refractivity contribution >= 4 is 29.0 Å². The maximum atomic E-state index is 10.3. The second kappa shape index (κ2) is 18.0. The van der Waals surface area contributed by atoms with Gasteiger partial charge in [0.1, 0.15) is 0 Å². The third-order valence-corrected chi connectivity index (χ3v) is 3.15. The van der Waals surface area contributed by atoms with Crippen LogP contribution in [-0.2, 0) is 4.79 Å². The van der Waals surface area contributed by atoms with Crippen LogP contribution in [0.1, 0.15) is 84.0 Å². The summed E-state index contributed by atoms with van der Waals surface area (Å²) in [6.45, 7) is 2.24. The van der Waals surface area contributed by atoms with E-state index in [-0.39, 0.29) is 23.1 Å². The van der Waals surface area contributed by atoms with Crippen molar-refractivity contribution in [1.29, 1.82) is 0 Å². The normalized spacial score (nSPS) is 10.6. The second-order valence-corrected chi connectivity index (χ2v) is 5.02. The fourth-order valence-electron chi connectivity index (χ4n) is 1.99. The van der Waals surface area contributed by atoms with E-state index >= 15 is 0 Å². The molecule has 19 heavy (non-hydrogen) atoms. The van der Waals surface area contributed by atoms with Crippen LogP contribution in [0, 0.1) is 0 Å². The molecule has 0 saturated carbocycles. The Morgan fingerprint density at radius 1 is 0.842 bits per heavy atom. The summed E-state index contributed by atoms with van der Waals surface area (Å²) in [4.78, 5) is 10.3. The molecule has 0 aromatic heterocycles. The van der Waals surface area contributed by atoms with Crippen LogP contribution in [0.2, 0.25) is 0 Å². The van der Waals surface area contributed by atoms with Crippen molar-refractivity contribution in [2.75, 3.05) is 0 Å². The molecular formula is C16H30MgO2+2. The van der Waals surface area contributed by atoms with Crippen LogP contribution in [0.3, 0.4) is 0 Å². The summed E-state index contributed by atoms with van der Waals surface area (Å²) in [5.41, 5.74) is 0. The standard InChI is InChI=1S/C16H30O2.Mg/c1-2-3-4-5-6-7-8-9-10-11-12-13-14-15-16(17)18;/h7-8H,2-6,9-15H2,1H3,(H,17,18);/q;+2/b8-7-;. The summed E-state index contributed by atoms with van der Waals surface area (Å²) in [5.74, 6) is -0.666. The summed E-state index contributed by atoms with van der Waals surface area (Å²) in [6.07, 6.45) is 18.3. The van der Waals surface area contributed by atoms with Gasteiger partial charge in [-0.25, -0.2) is 0 Å². The van der Waals surface area contributed by atoms with Crippen LogP contribution < -0.4 is 0 Å². The van der Waals surface area contributed by atoms with Crippen LogP contribution >= 0.6 is 0 Å². The summed E-state index contributed by atoms with van der Waals surface area (Å²) in [7, 11) is 0. The zero-order valence-corrected chi connectivity index (χ0v) is 14.1. The quantitative estimate of drug-likeness (QED) is 0.294. The zero-order valence-electron chi connectivity index (χ0n) is 12.7. The van der Waals surface area contributed by atoms with Crippen LogP contribution in [0.25, 0.3) is 0 Å². The SMILES string of the molecule is CCCCCC/C=C\CCCCCCCC(=O)O.[Mg+2]. The van der Waals surface area contributed by atoms with Crippen LogP contribution in [-0.4, -0.2) is 34.1 Å². The molecule has 0 fully saturated rings. The number of carboxylic acids is 1. The third kappa shape index (κ3) is 20.5. The van der Waals surface area contributed by atoms with E-state index in [0.717, 1.165) is 12.8 Å². The third-order valence-electron chi connectivity index (χ3n) is 3.15. The number of carboxylic acid groups (broad SMARTS) is 1. The minimum absolute atomic E-state index is 0. The molecule has 0 aromatic rings. The Labute approximate surface area is 135 Å². The van der Waals surface area contributed by atoms with Crippen molar-refractivity contribution in [3.8, 4) is 0 Å². The number of allylic oxidation sites excluding steroid dienone is 2. The molecule has 0 aliphatic heterocycles. The van der Waals surface area contributed by atoms with E-state index in [9.17, 15) is 4.79 Å². The molecule has 0 amide bonds. The predicted octanol–water partition coefficient (Wildman–Crippen LogP) is 4.95. The summed E-state index contributed by atoms with van der Waals surface area (Å²) in [5, 5.41) is 8.48. The number of hydrogen-bond acceptors (Lipinski definition) is 1. The molecule has 0 aromatic carbocycles. The van der Waals surface area contributed by atoms with Crippen molar-refractivity contribution in [1.82, 2.24) is 0 Å². The van der Waals surface area contributed by atoms with E-state index < -0.39 is 5.97 Å². The Balaban J connectivity index is 0. The van der Waals surface area contributed by atoms with Crippen molar-refractivity contribution in [2.45, 2.75) is 84.0 Å². The molecule has 0 aliphatic rings. The molecule has 0 bridgehead atoms. The van der Waals surface area contributed by atoms with Crippen LogP contribution in [0.4, 0.5) is 0 Å². The first-order valence-electron chi connectivity index (χ1n) is 7.64. The summed E-state index contributed by atoms with van der Waals surface area (Å²) >= 11 is 0. The Bertz CT molecular complexity index is 215. The van der Waals surface area contributed by atoms with Gasteiger partial charge < -0.3 is 5.11 Å². The fraction of sp³-hybridized carbons (Fsp3) is 0.812. The van der Waals surface area contributed by atoms with Gasteiger partial charge in [0.15, 0.2) is 0 Å². The molecule has 0 radical (unpaired) electrons. The first-order valence-corrected chi connectivity index (χ1v) is 7.64. The van der Waals surface area contributed by atoms with E-state index in [1.54, 1.807) is 0 Å². The molecule has 0 rings (SSSR count). The molecule has 0 spiro atoms. The molecular weight excluding hydrogens is 248 g/mol. The van der Waals surface area contributed by atoms with E-state index in [4.69, 9.17) is 5.11 Å². The number of unbranched alkanes of at least 4 members (excludes halogenated alkanes) is 9. The maximum absolute atomic E-state index is 10.3. The van der Waals surface area contributed by atoms with Crippen molar-refractivity contribution in [3.63, 3.8) is 0 Å². The molecule has 2 nitrogen and oxygen atoms in total. The summed E-state index contributed by atoms with van der Waals surface area (Å²) < 4.78 is 0. The molecule has 3 heteroatoms.